The molecule has 2 saturated heterocycles. The summed E-state index contributed by atoms with van der Waals surface area (Å²) in [4.78, 5) is 7.70. The Labute approximate surface area is 174 Å². The predicted octanol–water partition coefficient (Wildman–Crippen LogP) is 3.94. The monoisotopic (exact) mass is 413 g/mol. The molecule has 2 heterocycles. The number of rotatable bonds is 6. The third kappa shape index (κ3) is 10.3. The zero-order chi connectivity index (χ0) is 15.6. The van der Waals surface area contributed by atoms with Gasteiger partial charge in [0.1, 0.15) is 0 Å². The molecule has 25 heavy (non-hydrogen) atoms. The molecule has 0 amide bonds. The van der Waals surface area contributed by atoms with E-state index in [-0.39, 0.29) is 37.2 Å². The molecule has 2 aliphatic rings. The van der Waals surface area contributed by atoms with E-state index in [0.717, 1.165) is 26.2 Å². The largest absolute Gasteiger partial charge is 0.301 e. The van der Waals surface area contributed by atoms with Gasteiger partial charge in [-0.25, -0.2) is 0 Å². The number of nitrogens with zero attached hydrogens (tertiary/aromatic N) is 3. The first-order valence-electron chi connectivity index (χ1n) is 9.50. The van der Waals surface area contributed by atoms with Crippen molar-refractivity contribution in [3.05, 3.63) is 0 Å². The number of piperidine rings is 2. The Kier molecular flexibility index (Phi) is 18.1. The van der Waals surface area contributed by atoms with Gasteiger partial charge in [-0.3, -0.25) is 9.80 Å². The van der Waals surface area contributed by atoms with E-state index in [1.54, 1.807) is 0 Å². The van der Waals surface area contributed by atoms with Crippen LogP contribution in [0.25, 0.3) is 0 Å². The Morgan fingerprint density at radius 3 is 1.84 bits per heavy atom. The van der Waals surface area contributed by atoms with Gasteiger partial charge in [-0.2, -0.15) is 0 Å². The molecule has 0 aromatic carbocycles. The minimum absolute atomic E-state index is 0. The summed E-state index contributed by atoms with van der Waals surface area (Å²) in [5, 5.41) is 0. The molecular formula is C19H38Cl3N3. The van der Waals surface area contributed by atoms with Crippen molar-refractivity contribution in [1.82, 2.24) is 14.7 Å². The van der Waals surface area contributed by atoms with E-state index in [1.807, 2.05) is 0 Å². The van der Waals surface area contributed by atoms with Crippen LogP contribution in [0.5, 0.6) is 0 Å². The molecule has 2 rings (SSSR count). The molecule has 0 spiro atoms. The summed E-state index contributed by atoms with van der Waals surface area (Å²) in [5.74, 6) is 7.11. The third-order valence-electron chi connectivity index (χ3n) is 5.18. The van der Waals surface area contributed by atoms with Crippen LogP contribution in [0.4, 0.5) is 0 Å². The lowest BCUT2D eigenvalue weighted by atomic mass is 10.1. The first kappa shape index (κ1) is 27.5. The Bertz CT molecular complexity index is 355. The van der Waals surface area contributed by atoms with Crippen LogP contribution in [0.3, 0.4) is 0 Å². The van der Waals surface area contributed by atoms with Gasteiger partial charge < -0.3 is 4.90 Å². The average Bonchev–Trinajstić information content (AvgIpc) is 2.59. The number of halogens is 3. The molecule has 0 N–H and O–H groups in total. The molecule has 0 aliphatic carbocycles. The van der Waals surface area contributed by atoms with E-state index in [4.69, 9.17) is 0 Å². The summed E-state index contributed by atoms with van der Waals surface area (Å²) in [7, 11) is 0. The van der Waals surface area contributed by atoms with Crippen LogP contribution in [0, 0.1) is 11.8 Å². The molecule has 0 saturated carbocycles. The van der Waals surface area contributed by atoms with Gasteiger partial charge in [-0.05, 0) is 65.0 Å². The minimum atomic E-state index is 0. The van der Waals surface area contributed by atoms with Crippen LogP contribution < -0.4 is 0 Å². The van der Waals surface area contributed by atoms with Gasteiger partial charge in [0.2, 0.25) is 0 Å². The van der Waals surface area contributed by atoms with Crippen molar-refractivity contribution in [2.45, 2.75) is 58.4 Å². The Balaban J connectivity index is 0. The molecule has 0 bridgehead atoms. The van der Waals surface area contributed by atoms with Crippen LogP contribution in [0.2, 0.25) is 0 Å². The molecule has 0 aromatic heterocycles. The van der Waals surface area contributed by atoms with Gasteiger partial charge in [0, 0.05) is 6.54 Å². The maximum absolute atomic E-state index is 3.63. The minimum Gasteiger partial charge on any atom is -0.301 e. The van der Waals surface area contributed by atoms with Crippen LogP contribution >= 0.6 is 37.2 Å². The van der Waals surface area contributed by atoms with Gasteiger partial charge in [0.25, 0.3) is 0 Å². The molecule has 150 valence electrons. The normalized spacial score (nSPS) is 19.6. The molecule has 3 nitrogen and oxygen atoms in total. The molecule has 0 radical (unpaired) electrons. The van der Waals surface area contributed by atoms with Gasteiger partial charge in [0.15, 0.2) is 0 Å². The Morgan fingerprint density at radius 1 is 0.800 bits per heavy atom. The predicted molar refractivity (Wildman–Crippen MR) is 117 cm³/mol. The molecule has 1 atom stereocenters. The van der Waals surface area contributed by atoms with E-state index in [2.05, 4.69) is 40.4 Å². The van der Waals surface area contributed by atoms with Crippen molar-refractivity contribution in [2.75, 3.05) is 52.4 Å². The summed E-state index contributed by atoms with van der Waals surface area (Å²) < 4.78 is 0. The van der Waals surface area contributed by atoms with Gasteiger partial charge in [0.05, 0.1) is 12.6 Å². The van der Waals surface area contributed by atoms with Gasteiger partial charge in [-0.15, -0.1) is 37.2 Å². The Hall–Kier alpha value is 0.310. The average molecular weight is 415 g/mol. The lowest BCUT2D eigenvalue weighted by Crippen LogP contribution is -2.46. The maximum Gasteiger partial charge on any atom is 0.0843 e. The molecule has 2 aliphatic heterocycles. The summed E-state index contributed by atoms with van der Waals surface area (Å²) in [6.07, 6.45) is 8.28. The molecular weight excluding hydrogens is 377 g/mol. The molecule has 2 fully saturated rings. The molecule has 6 heteroatoms. The first-order valence-corrected chi connectivity index (χ1v) is 9.50. The molecule has 0 aromatic rings. The Morgan fingerprint density at radius 2 is 1.32 bits per heavy atom. The second-order valence-corrected chi connectivity index (χ2v) is 6.76. The van der Waals surface area contributed by atoms with Crippen molar-refractivity contribution in [2.24, 2.45) is 0 Å². The fourth-order valence-corrected chi connectivity index (χ4v) is 3.59. The van der Waals surface area contributed by atoms with E-state index < -0.39 is 0 Å². The van der Waals surface area contributed by atoms with E-state index in [1.165, 1.54) is 64.7 Å². The third-order valence-corrected chi connectivity index (χ3v) is 5.18. The number of hydrogen-bond acceptors (Lipinski definition) is 3. The van der Waals surface area contributed by atoms with Crippen molar-refractivity contribution in [3.63, 3.8) is 0 Å². The number of likely N-dealkylation sites (tertiary alicyclic amines) is 2. The standard InChI is InChI=1S/C19H35N3.3ClH/c1-3-20(4-2)15-11-12-19(22-16-9-6-10-17-22)18-21-13-7-5-8-14-21;;;/h19H,3-10,13-18H2,1-2H3;3*1H. The summed E-state index contributed by atoms with van der Waals surface area (Å²) in [6, 6.07) is 0.453. The highest BCUT2D eigenvalue weighted by atomic mass is 35.5. The smallest absolute Gasteiger partial charge is 0.0843 e. The van der Waals surface area contributed by atoms with Gasteiger partial charge in [-0.1, -0.05) is 38.5 Å². The second kappa shape index (κ2) is 16.5. The summed E-state index contributed by atoms with van der Waals surface area (Å²) >= 11 is 0. The summed E-state index contributed by atoms with van der Waals surface area (Å²) in [5.41, 5.74) is 0. The van der Waals surface area contributed by atoms with Crippen molar-refractivity contribution >= 4 is 37.2 Å². The topological polar surface area (TPSA) is 9.72 Å². The number of hydrogen-bond donors (Lipinski definition) is 0. The van der Waals surface area contributed by atoms with E-state index >= 15 is 0 Å². The van der Waals surface area contributed by atoms with Crippen molar-refractivity contribution in [1.29, 1.82) is 0 Å². The zero-order valence-corrected chi connectivity index (χ0v) is 18.5. The maximum atomic E-state index is 3.63. The van der Waals surface area contributed by atoms with Crippen LogP contribution in [-0.2, 0) is 0 Å². The summed E-state index contributed by atoms with van der Waals surface area (Å²) in [6.45, 7) is 13.8. The first-order chi connectivity index (χ1) is 10.8. The second-order valence-electron chi connectivity index (χ2n) is 6.76. The van der Waals surface area contributed by atoms with Crippen molar-refractivity contribution < 1.29 is 0 Å². The zero-order valence-electron chi connectivity index (χ0n) is 16.0. The van der Waals surface area contributed by atoms with E-state index in [0.29, 0.717) is 6.04 Å². The highest BCUT2D eigenvalue weighted by Crippen LogP contribution is 2.15. The van der Waals surface area contributed by atoms with Crippen LogP contribution in [-0.4, -0.2) is 73.1 Å². The van der Waals surface area contributed by atoms with E-state index in [9.17, 15) is 0 Å². The molecule has 1 unspecified atom stereocenters. The fraction of sp³-hybridized carbons (Fsp3) is 0.895. The van der Waals surface area contributed by atoms with Crippen LogP contribution in [0.1, 0.15) is 52.4 Å². The SMILES string of the molecule is CCN(CC)CC#CC(CN1CCCCC1)N1CCCCC1.Cl.Cl.Cl. The lowest BCUT2D eigenvalue weighted by Gasteiger charge is -2.36. The van der Waals surface area contributed by atoms with Crippen LogP contribution in [0.15, 0.2) is 0 Å². The lowest BCUT2D eigenvalue weighted by molar-refractivity contribution is 0.136. The fourth-order valence-electron chi connectivity index (χ4n) is 3.59. The highest BCUT2D eigenvalue weighted by molar-refractivity contribution is 5.86. The van der Waals surface area contributed by atoms with Crippen molar-refractivity contribution in [3.8, 4) is 11.8 Å². The highest BCUT2D eigenvalue weighted by Gasteiger charge is 2.22. The van der Waals surface area contributed by atoms with Gasteiger partial charge >= 0.3 is 0 Å². The quantitative estimate of drug-likeness (QED) is 0.610.